The smallest absolute Gasteiger partial charge is 0.159 e. The van der Waals surface area contributed by atoms with Gasteiger partial charge in [0.2, 0.25) is 0 Å². The van der Waals surface area contributed by atoms with Crippen molar-refractivity contribution in [2.24, 2.45) is 0 Å². The van der Waals surface area contributed by atoms with Crippen molar-refractivity contribution in [1.82, 2.24) is 9.88 Å². The summed E-state index contributed by atoms with van der Waals surface area (Å²) in [6.45, 7) is 6.65. The molecule has 0 bridgehead atoms. The lowest BCUT2D eigenvalue weighted by Crippen LogP contribution is -2.37. The molecular formula is C17H20F2N2S. The Morgan fingerprint density at radius 1 is 1.18 bits per heavy atom. The lowest BCUT2D eigenvalue weighted by Gasteiger charge is -2.33. The van der Waals surface area contributed by atoms with Crippen LogP contribution in [0.4, 0.5) is 8.78 Å². The highest BCUT2D eigenvalue weighted by Gasteiger charge is 2.24. The molecule has 0 spiro atoms. The maximum atomic E-state index is 13.3. The SMILES string of the molecule is CC(C)N1CCC(c2nc(-c3ccc(F)c(F)c3)cs2)CC1. The second-order valence-corrected chi connectivity index (χ2v) is 6.99. The van der Waals surface area contributed by atoms with E-state index in [-0.39, 0.29) is 0 Å². The molecule has 118 valence electrons. The van der Waals surface area contributed by atoms with Crippen LogP contribution in [-0.2, 0) is 0 Å². The summed E-state index contributed by atoms with van der Waals surface area (Å²) in [7, 11) is 0. The summed E-state index contributed by atoms with van der Waals surface area (Å²) in [5.74, 6) is -1.16. The maximum Gasteiger partial charge on any atom is 0.159 e. The molecule has 1 aromatic heterocycles. The van der Waals surface area contributed by atoms with Crippen molar-refractivity contribution in [1.29, 1.82) is 0 Å². The van der Waals surface area contributed by atoms with Crippen molar-refractivity contribution in [3.63, 3.8) is 0 Å². The Kier molecular flexibility index (Phi) is 4.54. The maximum absolute atomic E-state index is 13.3. The van der Waals surface area contributed by atoms with Gasteiger partial charge in [-0.25, -0.2) is 13.8 Å². The van der Waals surface area contributed by atoms with E-state index in [1.165, 1.54) is 6.07 Å². The fourth-order valence-electron chi connectivity index (χ4n) is 2.93. The van der Waals surface area contributed by atoms with Crippen LogP contribution in [0.2, 0.25) is 0 Å². The fraction of sp³-hybridized carbons (Fsp3) is 0.471. The molecule has 2 nitrogen and oxygen atoms in total. The Labute approximate surface area is 133 Å². The zero-order valence-electron chi connectivity index (χ0n) is 12.9. The first-order valence-corrected chi connectivity index (χ1v) is 8.57. The highest BCUT2D eigenvalue weighted by Crippen LogP contribution is 2.33. The third kappa shape index (κ3) is 3.20. The van der Waals surface area contributed by atoms with E-state index in [0.717, 1.165) is 42.7 Å². The Bertz CT molecular complexity index is 646. The molecule has 0 N–H and O–H groups in total. The van der Waals surface area contributed by atoms with Crippen LogP contribution >= 0.6 is 11.3 Å². The first kappa shape index (κ1) is 15.6. The van der Waals surface area contributed by atoms with Crippen LogP contribution < -0.4 is 0 Å². The molecule has 2 heterocycles. The number of piperidine rings is 1. The van der Waals surface area contributed by atoms with Gasteiger partial charge in [0, 0.05) is 22.9 Å². The highest BCUT2D eigenvalue weighted by molar-refractivity contribution is 7.10. The number of halogens is 2. The van der Waals surface area contributed by atoms with Gasteiger partial charge in [0.05, 0.1) is 10.7 Å². The topological polar surface area (TPSA) is 16.1 Å². The number of hydrogen-bond donors (Lipinski definition) is 0. The predicted molar refractivity (Wildman–Crippen MR) is 86.2 cm³/mol. The van der Waals surface area contributed by atoms with Gasteiger partial charge in [0.15, 0.2) is 11.6 Å². The van der Waals surface area contributed by atoms with Crippen LogP contribution in [0.5, 0.6) is 0 Å². The fourth-order valence-corrected chi connectivity index (χ4v) is 3.93. The van der Waals surface area contributed by atoms with Crippen molar-refractivity contribution >= 4 is 11.3 Å². The molecule has 2 aromatic rings. The van der Waals surface area contributed by atoms with Crippen LogP contribution in [0, 0.1) is 11.6 Å². The predicted octanol–water partition coefficient (Wildman–Crippen LogP) is 4.68. The number of benzene rings is 1. The van der Waals surface area contributed by atoms with Crippen LogP contribution in [-0.4, -0.2) is 29.0 Å². The average Bonchev–Trinajstić information content (AvgIpc) is 3.00. The van der Waals surface area contributed by atoms with Crippen LogP contribution in [0.15, 0.2) is 23.6 Å². The molecule has 1 aliphatic heterocycles. The van der Waals surface area contributed by atoms with Gasteiger partial charge in [-0.15, -0.1) is 11.3 Å². The van der Waals surface area contributed by atoms with Crippen molar-refractivity contribution in [3.8, 4) is 11.3 Å². The molecule has 0 unspecified atom stereocenters. The number of hydrogen-bond acceptors (Lipinski definition) is 3. The molecule has 3 rings (SSSR count). The summed E-state index contributed by atoms with van der Waals surface area (Å²) in [6.07, 6.45) is 2.23. The zero-order chi connectivity index (χ0) is 15.7. The van der Waals surface area contributed by atoms with Gasteiger partial charge in [-0.3, -0.25) is 0 Å². The number of likely N-dealkylation sites (tertiary alicyclic amines) is 1. The molecule has 1 fully saturated rings. The Morgan fingerprint density at radius 3 is 2.55 bits per heavy atom. The molecule has 0 radical (unpaired) electrons. The largest absolute Gasteiger partial charge is 0.301 e. The summed E-state index contributed by atoms with van der Waals surface area (Å²) in [5, 5.41) is 3.06. The van der Waals surface area contributed by atoms with Gasteiger partial charge >= 0.3 is 0 Å². The average molecular weight is 322 g/mol. The third-order valence-electron chi connectivity index (χ3n) is 4.35. The van der Waals surface area contributed by atoms with Crippen LogP contribution in [0.3, 0.4) is 0 Å². The van der Waals surface area contributed by atoms with Crippen LogP contribution in [0.25, 0.3) is 11.3 Å². The summed E-state index contributed by atoms with van der Waals surface area (Å²) < 4.78 is 26.4. The van der Waals surface area contributed by atoms with Crippen molar-refractivity contribution in [3.05, 3.63) is 40.2 Å². The number of thiazole rings is 1. The van der Waals surface area contributed by atoms with E-state index in [1.807, 2.05) is 5.38 Å². The van der Waals surface area contributed by atoms with E-state index in [9.17, 15) is 8.78 Å². The molecule has 1 aliphatic rings. The quantitative estimate of drug-likeness (QED) is 0.816. The summed E-state index contributed by atoms with van der Waals surface area (Å²) >= 11 is 1.62. The highest BCUT2D eigenvalue weighted by atomic mass is 32.1. The minimum Gasteiger partial charge on any atom is -0.301 e. The first-order valence-electron chi connectivity index (χ1n) is 7.69. The summed E-state index contributed by atoms with van der Waals surface area (Å²) in [6, 6.07) is 4.55. The number of nitrogens with zero attached hydrogens (tertiary/aromatic N) is 2. The Morgan fingerprint density at radius 2 is 1.91 bits per heavy atom. The van der Waals surface area contributed by atoms with E-state index in [2.05, 4.69) is 23.7 Å². The zero-order valence-corrected chi connectivity index (χ0v) is 13.7. The van der Waals surface area contributed by atoms with Gasteiger partial charge in [-0.1, -0.05) is 0 Å². The molecule has 0 saturated carbocycles. The van der Waals surface area contributed by atoms with E-state index in [4.69, 9.17) is 0 Å². The molecule has 22 heavy (non-hydrogen) atoms. The Hall–Kier alpha value is -1.33. The van der Waals surface area contributed by atoms with Gasteiger partial charge in [0.1, 0.15) is 0 Å². The van der Waals surface area contributed by atoms with Crippen molar-refractivity contribution in [2.45, 2.75) is 38.6 Å². The lowest BCUT2D eigenvalue weighted by molar-refractivity contribution is 0.172. The van der Waals surface area contributed by atoms with E-state index < -0.39 is 11.6 Å². The molecule has 1 saturated heterocycles. The van der Waals surface area contributed by atoms with Crippen LogP contribution in [0.1, 0.15) is 37.6 Å². The van der Waals surface area contributed by atoms with Gasteiger partial charge in [-0.2, -0.15) is 0 Å². The van der Waals surface area contributed by atoms with E-state index in [1.54, 1.807) is 17.4 Å². The monoisotopic (exact) mass is 322 g/mol. The first-order chi connectivity index (χ1) is 10.5. The van der Waals surface area contributed by atoms with E-state index >= 15 is 0 Å². The summed E-state index contributed by atoms with van der Waals surface area (Å²) in [5.41, 5.74) is 1.38. The van der Waals surface area contributed by atoms with Crippen molar-refractivity contribution < 1.29 is 8.78 Å². The van der Waals surface area contributed by atoms with Crippen molar-refractivity contribution in [2.75, 3.05) is 13.1 Å². The standard InChI is InChI=1S/C17H20F2N2S/c1-11(2)21-7-5-12(6-8-21)17-20-16(10-22-17)13-3-4-14(18)15(19)9-13/h3-4,9-12H,5-8H2,1-2H3. The normalized spacial score (nSPS) is 17.3. The summed E-state index contributed by atoms with van der Waals surface area (Å²) in [4.78, 5) is 7.14. The molecular weight excluding hydrogens is 302 g/mol. The van der Waals surface area contributed by atoms with Gasteiger partial charge < -0.3 is 4.90 Å². The molecule has 1 aromatic carbocycles. The molecule has 0 aliphatic carbocycles. The minimum absolute atomic E-state index is 0.485. The van der Waals surface area contributed by atoms with Gasteiger partial charge in [0.25, 0.3) is 0 Å². The molecule has 0 amide bonds. The van der Waals surface area contributed by atoms with E-state index in [0.29, 0.717) is 17.5 Å². The lowest BCUT2D eigenvalue weighted by atomic mass is 9.96. The molecule has 5 heteroatoms. The van der Waals surface area contributed by atoms with Gasteiger partial charge in [-0.05, 0) is 58.0 Å². The second kappa shape index (κ2) is 6.42. The Balaban J connectivity index is 1.73. The molecule has 0 atom stereocenters. The number of aromatic nitrogens is 1. The third-order valence-corrected chi connectivity index (χ3v) is 5.35. The number of rotatable bonds is 3. The second-order valence-electron chi connectivity index (χ2n) is 6.10. The minimum atomic E-state index is -0.822.